The third-order valence-electron chi connectivity index (χ3n) is 13.2. The van der Waals surface area contributed by atoms with E-state index in [9.17, 15) is 53.7 Å². The molecule has 16 N–H and O–H groups in total. The van der Waals surface area contributed by atoms with Crippen LogP contribution in [0.15, 0.2) is 116 Å². The van der Waals surface area contributed by atoms with Crippen LogP contribution in [0, 0.1) is 0 Å². The molecule has 0 radical (unpaired) electrons. The fourth-order valence-corrected chi connectivity index (χ4v) is 9.07. The van der Waals surface area contributed by atoms with E-state index in [-0.39, 0.29) is 37.9 Å². The number of fused-ring (bicyclic) bond motifs is 3. The van der Waals surface area contributed by atoms with Gasteiger partial charge in [-0.3, -0.25) is 33.6 Å². The summed E-state index contributed by atoms with van der Waals surface area (Å²) >= 11 is 0. The number of carbonyl (C=O) groups excluding carboxylic acids is 6. The number of para-hydroxylation sites is 3. The van der Waals surface area contributed by atoms with Gasteiger partial charge < -0.3 is 73.6 Å². The number of phenols is 1. The van der Waals surface area contributed by atoms with Crippen molar-refractivity contribution in [1.82, 2.24) is 46.9 Å². The molecule has 3 aromatic heterocycles. The van der Waals surface area contributed by atoms with Crippen LogP contribution in [0.3, 0.4) is 0 Å². The second-order valence-corrected chi connectivity index (χ2v) is 18.9. The Bertz CT molecular complexity index is 3240. The second-order valence-electron chi connectivity index (χ2n) is 18.9. The maximum atomic E-state index is 14.7. The number of carboxylic acids is 2. The molecule has 4 aromatic carbocycles. The van der Waals surface area contributed by atoms with Crippen molar-refractivity contribution < 1.29 is 53.7 Å². The number of aromatic hydroxyl groups is 1. The van der Waals surface area contributed by atoms with Gasteiger partial charge in [-0.15, -0.1) is 0 Å². The number of hydrogen-bond acceptors (Lipinski definition) is 11. The van der Waals surface area contributed by atoms with Gasteiger partial charge in [0.05, 0.1) is 12.5 Å². The molecule has 6 amide bonds. The first kappa shape index (κ1) is 55.7. The predicted molar refractivity (Wildman–Crippen MR) is 286 cm³/mol. The molecular formula is C55H63N11O11. The third kappa shape index (κ3) is 14.9. The number of aromatic amines is 3. The summed E-state index contributed by atoms with van der Waals surface area (Å²) in [4.78, 5) is 119. The number of rotatable bonds is 27. The Kier molecular flexibility index (Phi) is 18.8. The van der Waals surface area contributed by atoms with E-state index >= 15 is 0 Å². The summed E-state index contributed by atoms with van der Waals surface area (Å²) in [5, 5.41) is 47.5. The first-order chi connectivity index (χ1) is 37.0. The van der Waals surface area contributed by atoms with Crippen molar-refractivity contribution in [3.05, 3.63) is 138 Å². The molecule has 0 aliphatic heterocycles. The lowest BCUT2D eigenvalue weighted by Gasteiger charge is -2.27. The highest BCUT2D eigenvalue weighted by molar-refractivity contribution is 5.98. The molecular weight excluding hydrogens is 991 g/mol. The van der Waals surface area contributed by atoms with E-state index < -0.39 is 96.1 Å². The van der Waals surface area contributed by atoms with Crippen LogP contribution in [0.4, 0.5) is 0 Å². The molecule has 22 heteroatoms. The lowest BCUT2D eigenvalue weighted by molar-refractivity contribution is -0.142. The van der Waals surface area contributed by atoms with E-state index in [4.69, 9.17) is 11.5 Å². The molecule has 0 aliphatic rings. The van der Waals surface area contributed by atoms with E-state index in [0.717, 1.165) is 32.7 Å². The molecule has 7 atom stereocenters. The van der Waals surface area contributed by atoms with E-state index in [0.29, 0.717) is 41.6 Å². The number of benzene rings is 4. The standard InChI is InChI=1S/C55H63N11O11/c1-30(61-51(72)45(23-32-27-58-40-13-5-2-10-36(32)40)65-52(73)44(22-31-17-19-35(67)20-18-31)64-50(71)39(57)26-48(68)69)49(70)63-46(24-33-28-59-41-14-6-3-11-37(33)41)54(75)66-47(25-34-29-60-42-15-7-4-12-38(34)42)53(74)62-43(55(76)77)16-8-9-21-56/h2-7,10-15,17-20,27-30,39,43-47,58-60,67H,8-9,16,21-26,56-57H2,1H3,(H,61,72)(H,62,74)(H,63,70)(H,64,71)(H,65,73)(H,66,75)(H,68,69)(H,76,77)/t30-,39-,43-,44-,45+,46+,47+/m0/s1. The second kappa shape index (κ2) is 26.0. The minimum absolute atomic E-state index is 0.0603. The van der Waals surface area contributed by atoms with Gasteiger partial charge in [-0.2, -0.15) is 0 Å². The van der Waals surface area contributed by atoms with E-state index in [2.05, 4.69) is 46.9 Å². The quantitative estimate of drug-likeness (QED) is 0.0329. The van der Waals surface area contributed by atoms with Gasteiger partial charge in [0.15, 0.2) is 0 Å². The predicted octanol–water partition coefficient (Wildman–Crippen LogP) is 2.05. The first-order valence-corrected chi connectivity index (χ1v) is 25.1. The molecule has 0 saturated heterocycles. The van der Waals surface area contributed by atoms with Crippen molar-refractivity contribution in [1.29, 1.82) is 0 Å². The van der Waals surface area contributed by atoms with Crippen molar-refractivity contribution in [2.24, 2.45) is 11.5 Å². The number of carboxylic acid groups (broad SMARTS) is 2. The fourth-order valence-electron chi connectivity index (χ4n) is 9.07. The smallest absolute Gasteiger partial charge is 0.326 e. The lowest BCUT2D eigenvalue weighted by atomic mass is 10.0. The van der Waals surface area contributed by atoms with Crippen molar-refractivity contribution in [2.75, 3.05) is 6.54 Å². The molecule has 7 aromatic rings. The number of hydrogen-bond donors (Lipinski definition) is 14. The van der Waals surface area contributed by atoms with E-state index in [1.165, 1.54) is 31.2 Å². The van der Waals surface area contributed by atoms with Gasteiger partial charge >= 0.3 is 11.9 Å². The summed E-state index contributed by atoms with van der Waals surface area (Å²) in [6.45, 7) is 1.70. The summed E-state index contributed by atoms with van der Waals surface area (Å²) in [5.74, 6) is -7.74. The summed E-state index contributed by atoms with van der Waals surface area (Å²) < 4.78 is 0. The maximum absolute atomic E-state index is 14.7. The Balaban J connectivity index is 1.15. The number of H-pyrrole nitrogens is 3. The molecule has 0 spiro atoms. The largest absolute Gasteiger partial charge is 0.508 e. The van der Waals surface area contributed by atoms with Gasteiger partial charge in [0.2, 0.25) is 35.4 Å². The number of phenolic OH excluding ortho intramolecular Hbond substituents is 1. The Hall–Kier alpha value is -9.02. The fraction of sp³-hybridized carbons (Fsp3) is 0.309. The third-order valence-corrected chi connectivity index (χ3v) is 13.2. The van der Waals surface area contributed by atoms with Crippen LogP contribution in [0.2, 0.25) is 0 Å². The number of amides is 6. The SMILES string of the molecule is C[C@H](NC(=O)[C@@H](Cc1c[nH]c2ccccc12)NC(=O)[C@H](Cc1ccc(O)cc1)NC(=O)[C@@H](N)CC(=O)O)C(=O)N[C@H](Cc1c[nH]c2ccccc12)C(=O)N[C@H](Cc1c[nH]c2ccccc12)C(=O)N[C@@H](CCCCN)C(=O)O. The molecule has 22 nitrogen and oxygen atoms in total. The Labute approximate surface area is 441 Å². The molecule has 0 fully saturated rings. The molecule has 0 saturated carbocycles. The van der Waals surface area contributed by atoms with Gasteiger partial charge in [0.25, 0.3) is 0 Å². The average molecular weight is 1050 g/mol. The summed E-state index contributed by atoms with van der Waals surface area (Å²) in [7, 11) is 0. The van der Waals surface area contributed by atoms with Crippen LogP contribution in [0.5, 0.6) is 5.75 Å². The van der Waals surface area contributed by atoms with Crippen LogP contribution >= 0.6 is 0 Å². The minimum Gasteiger partial charge on any atom is -0.508 e. The van der Waals surface area contributed by atoms with Crippen molar-refractivity contribution >= 4 is 80.1 Å². The zero-order chi connectivity index (χ0) is 55.2. The summed E-state index contributed by atoms with van der Waals surface area (Å²) in [5.41, 5.74) is 16.1. The van der Waals surface area contributed by atoms with Crippen LogP contribution in [0.25, 0.3) is 32.7 Å². The van der Waals surface area contributed by atoms with Crippen LogP contribution in [-0.2, 0) is 64.0 Å². The summed E-state index contributed by atoms with van der Waals surface area (Å²) in [6.07, 6.45) is 4.86. The number of nitrogens with one attached hydrogen (secondary N) is 9. The molecule has 0 aliphatic carbocycles. The number of unbranched alkanes of at least 4 members (excludes halogenated alkanes) is 1. The number of nitrogens with two attached hydrogens (primary N) is 2. The number of aliphatic carboxylic acids is 2. The molecule has 7 rings (SSSR count). The van der Waals surface area contributed by atoms with Crippen molar-refractivity contribution in [2.45, 2.75) is 101 Å². The maximum Gasteiger partial charge on any atom is 0.326 e. The van der Waals surface area contributed by atoms with E-state index in [1.54, 1.807) is 24.7 Å². The first-order valence-electron chi connectivity index (χ1n) is 25.1. The molecule has 404 valence electrons. The highest BCUT2D eigenvalue weighted by atomic mass is 16.4. The zero-order valence-electron chi connectivity index (χ0n) is 42.1. The number of carbonyl (C=O) groups is 8. The van der Waals surface area contributed by atoms with E-state index in [1.807, 2.05) is 66.7 Å². The average Bonchev–Trinajstić information content (AvgIpc) is 4.17. The van der Waals surface area contributed by atoms with Gasteiger partial charge in [-0.1, -0.05) is 66.7 Å². The van der Waals surface area contributed by atoms with Gasteiger partial charge in [-0.25, -0.2) is 4.79 Å². The lowest BCUT2D eigenvalue weighted by Crippen LogP contribution is -2.60. The Morgan fingerprint density at radius 1 is 0.494 bits per heavy atom. The van der Waals surface area contributed by atoms with Crippen LogP contribution in [-0.4, -0.2) is 126 Å². The van der Waals surface area contributed by atoms with Gasteiger partial charge in [-0.05, 0) is 85.3 Å². The topological polar surface area (TPSA) is 369 Å². The van der Waals surface area contributed by atoms with Gasteiger partial charge in [0.1, 0.15) is 42.0 Å². The highest BCUT2D eigenvalue weighted by Crippen LogP contribution is 2.23. The van der Waals surface area contributed by atoms with Gasteiger partial charge in [0, 0.05) is 77.0 Å². The summed E-state index contributed by atoms with van der Waals surface area (Å²) in [6, 6.07) is 17.9. The monoisotopic (exact) mass is 1050 g/mol. The Morgan fingerprint density at radius 3 is 1.31 bits per heavy atom. The van der Waals surface area contributed by atoms with Crippen molar-refractivity contribution in [3.63, 3.8) is 0 Å². The normalized spacial score (nSPS) is 14.1. The van der Waals surface area contributed by atoms with Crippen LogP contribution in [0.1, 0.15) is 54.9 Å². The van der Waals surface area contributed by atoms with Crippen molar-refractivity contribution in [3.8, 4) is 5.75 Å². The molecule has 77 heavy (non-hydrogen) atoms. The molecule has 0 unspecified atom stereocenters. The van der Waals surface area contributed by atoms with Crippen LogP contribution < -0.4 is 43.4 Å². The number of aromatic nitrogens is 3. The Morgan fingerprint density at radius 2 is 0.883 bits per heavy atom. The molecule has 3 heterocycles. The highest BCUT2D eigenvalue weighted by Gasteiger charge is 2.34. The minimum atomic E-state index is -1.53. The zero-order valence-corrected chi connectivity index (χ0v) is 42.1. The molecule has 0 bridgehead atoms.